The van der Waals surface area contributed by atoms with Crippen LogP contribution >= 0.6 is 11.3 Å². The molecule has 9 nitrogen and oxygen atoms in total. The van der Waals surface area contributed by atoms with Gasteiger partial charge in [0.1, 0.15) is 11.8 Å². The Kier molecular flexibility index (Phi) is 7.43. The molecule has 13 heteroatoms. The predicted molar refractivity (Wildman–Crippen MR) is 145 cm³/mol. The van der Waals surface area contributed by atoms with Gasteiger partial charge in [0.25, 0.3) is 0 Å². The number of hydrogen-bond donors (Lipinski definition) is 3. The lowest BCUT2D eigenvalue weighted by atomic mass is 9.90. The first-order valence-electron chi connectivity index (χ1n) is 12.5. The van der Waals surface area contributed by atoms with Gasteiger partial charge in [-0.05, 0) is 57.0 Å². The molecule has 0 saturated carbocycles. The van der Waals surface area contributed by atoms with E-state index in [1.165, 1.54) is 36.7 Å². The summed E-state index contributed by atoms with van der Waals surface area (Å²) in [5.74, 6) is -0.199. The molecule has 0 aliphatic carbocycles. The van der Waals surface area contributed by atoms with Crippen molar-refractivity contribution in [3.63, 3.8) is 0 Å². The summed E-state index contributed by atoms with van der Waals surface area (Å²) in [4.78, 5) is 37.4. The molecule has 0 unspecified atom stereocenters. The molecule has 4 aromatic rings. The molecule has 0 spiro atoms. The fourth-order valence-corrected chi connectivity index (χ4v) is 5.35. The van der Waals surface area contributed by atoms with Gasteiger partial charge in [0.2, 0.25) is 17.7 Å². The smallest absolute Gasteiger partial charge is 0.416 e. The molecule has 208 valence electrons. The molecule has 1 aliphatic rings. The van der Waals surface area contributed by atoms with Crippen molar-refractivity contribution in [1.29, 1.82) is 0 Å². The molecule has 40 heavy (non-hydrogen) atoms. The van der Waals surface area contributed by atoms with E-state index < -0.39 is 23.2 Å². The van der Waals surface area contributed by atoms with E-state index in [-0.39, 0.29) is 28.7 Å². The third kappa shape index (κ3) is 5.89. The number of piperidine rings is 1. The quantitative estimate of drug-likeness (QED) is 0.261. The van der Waals surface area contributed by atoms with Gasteiger partial charge in [-0.15, -0.1) is 0 Å². The van der Waals surface area contributed by atoms with E-state index in [1.54, 1.807) is 19.1 Å². The maximum atomic E-state index is 13.6. The SMILES string of the molecule is CC(=O)Nc1nc2c(Oc3cc(-c4ccc(C(F)(F)F)cc4NC(=O)[C@@]4(C)CCCCN4)ncn3)cccc2s1. The van der Waals surface area contributed by atoms with E-state index in [2.05, 4.69) is 30.9 Å². The minimum atomic E-state index is -4.60. The molecular formula is C27H25F3N6O3S. The molecule has 2 aromatic heterocycles. The lowest BCUT2D eigenvalue weighted by molar-refractivity contribution is -0.137. The summed E-state index contributed by atoms with van der Waals surface area (Å²) in [7, 11) is 0. The van der Waals surface area contributed by atoms with Crippen molar-refractivity contribution >= 4 is 44.2 Å². The molecule has 0 radical (unpaired) electrons. The van der Waals surface area contributed by atoms with Crippen molar-refractivity contribution in [3.05, 3.63) is 54.4 Å². The summed E-state index contributed by atoms with van der Waals surface area (Å²) in [6.45, 7) is 3.77. The minimum Gasteiger partial charge on any atom is -0.437 e. The number of benzene rings is 2. The summed E-state index contributed by atoms with van der Waals surface area (Å²) in [5, 5.41) is 8.93. The zero-order valence-corrected chi connectivity index (χ0v) is 22.4. The van der Waals surface area contributed by atoms with Gasteiger partial charge in [-0.3, -0.25) is 9.59 Å². The summed E-state index contributed by atoms with van der Waals surface area (Å²) in [5.41, 5.74) is -0.810. The van der Waals surface area contributed by atoms with Crippen LogP contribution in [0, 0.1) is 0 Å². The van der Waals surface area contributed by atoms with Crippen LogP contribution in [-0.4, -0.2) is 38.8 Å². The lowest BCUT2D eigenvalue weighted by Crippen LogP contribution is -2.54. The Balaban J connectivity index is 1.48. The standard InChI is InChI=1S/C27H25F3N6O3S/c1-15(37)34-25-36-23-20(6-5-7-21(23)40-25)39-22-13-18(31-14-32-22)17-9-8-16(27(28,29)30)12-19(17)35-24(38)26(2)10-3-4-11-33-26/h5-9,12-14,33H,3-4,10-11H2,1-2H3,(H,35,38)(H,34,36,37)/t26-/m1/s1. The number of amides is 2. The van der Waals surface area contributed by atoms with Crippen LogP contribution in [0.4, 0.5) is 24.0 Å². The van der Waals surface area contributed by atoms with Crippen molar-refractivity contribution in [2.24, 2.45) is 0 Å². The second-order valence-corrected chi connectivity index (χ2v) is 10.6. The van der Waals surface area contributed by atoms with Gasteiger partial charge in [0.15, 0.2) is 10.9 Å². The fourth-order valence-electron chi connectivity index (χ4n) is 4.42. The number of carbonyl (C=O) groups is 2. The number of alkyl halides is 3. The highest BCUT2D eigenvalue weighted by Crippen LogP contribution is 2.38. The van der Waals surface area contributed by atoms with Crippen molar-refractivity contribution in [3.8, 4) is 22.9 Å². The Hall–Kier alpha value is -4.10. The Morgan fingerprint density at radius 1 is 1.10 bits per heavy atom. The third-order valence-electron chi connectivity index (χ3n) is 6.51. The number of anilines is 2. The van der Waals surface area contributed by atoms with Crippen molar-refractivity contribution in [1.82, 2.24) is 20.3 Å². The van der Waals surface area contributed by atoms with Crippen molar-refractivity contribution in [2.75, 3.05) is 17.2 Å². The number of hydrogen-bond acceptors (Lipinski definition) is 8. The van der Waals surface area contributed by atoms with Gasteiger partial charge in [-0.25, -0.2) is 15.0 Å². The molecule has 1 saturated heterocycles. The summed E-state index contributed by atoms with van der Waals surface area (Å²) in [6.07, 6.45) is -1.07. The summed E-state index contributed by atoms with van der Waals surface area (Å²) >= 11 is 1.28. The summed E-state index contributed by atoms with van der Waals surface area (Å²) in [6, 6.07) is 9.85. The minimum absolute atomic E-state index is 0.0281. The molecule has 3 heterocycles. The van der Waals surface area contributed by atoms with Crippen LogP contribution in [-0.2, 0) is 15.8 Å². The van der Waals surface area contributed by atoms with Gasteiger partial charge in [0.05, 0.1) is 27.2 Å². The highest BCUT2D eigenvalue weighted by molar-refractivity contribution is 7.22. The number of fused-ring (bicyclic) bond motifs is 1. The first-order chi connectivity index (χ1) is 19.0. The van der Waals surface area contributed by atoms with Gasteiger partial charge >= 0.3 is 6.18 Å². The molecular weight excluding hydrogens is 545 g/mol. The van der Waals surface area contributed by atoms with Gasteiger partial charge in [-0.2, -0.15) is 13.2 Å². The molecule has 2 aromatic carbocycles. The average Bonchev–Trinajstić information content (AvgIpc) is 3.31. The van der Waals surface area contributed by atoms with Crippen LogP contribution in [0.15, 0.2) is 48.8 Å². The van der Waals surface area contributed by atoms with E-state index in [1.807, 2.05) is 6.07 Å². The molecule has 1 atom stereocenters. The van der Waals surface area contributed by atoms with Crippen LogP contribution < -0.4 is 20.7 Å². The van der Waals surface area contributed by atoms with E-state index in [0.717, 1.165) is 29.7 Å². The Morgan fingerprint density at radius 2 is 1.93 bits per heavy atom. The Labute approximate surface area is 231 Å². The third-order valence-corrected chi connectivity index (χ3v) is 7.45. The monoisotopic (exact) mass is 570 g/mol. The highest BCUT2D eigenvalue weighted by Gasteiger charge is 2.36. The van der Waals surface area contributed by atoms with E-state index in [9.17, 15) is 22.8 Å². The fraction of sp³-hybridized carbons (Fsp3) is 0.296. The number of nitrogens with one attached hydrogen (secondary N) is 3. The second kappa shape index (κ2) is 10.8. The van der Waals surface area contributed by atoms with Crippen LogP contribution in [0.1, 0.15) is 38.7 Å². The number of ether oxygens (including phenoxy) is 1. The van der Waals surface area contributed by atoms with E-state index >= 15 is 0 Å². The normalized spacial score (nSPS) is 17.4. The Morgan fingerprint density at radius 3 is 2.65 bits per heavy atom. The molecule has 5 rings (SSSR count). The largest absolute Gasteiger partial charge is 0.437 e. The molecule has 2 amide bonds. The second-order valence-electron chi connectivity index (χ2n) is 9.57. The molecule has 1 fully saturated rings. The predicted octanol–water partition coefficient (Wildman–Crippen LogP) is 5.99. The number of rotatable bonds is 6. The number of carbonyl (C=O) groups excluding carboxylic acids is 2. The van der Waals surface area contributed by atoms with Crippen molar-refractivity contribution < 1.29 is 27.5 Å². The van der Waals surface area contributed by atoms with Crippen molar-refractivity contribution in [2.45, 2.75) is 44.8 Å². The number of para-hydroxylation sites is 1. The van der Waals surface area contributed by atoms with Gasteiger partial charge in [0, 0.05) is 18.6 Å². The number of aromatic nitrogens is 3. The lowest BCUT2D eigenvalue weighted by Gasteiger charge is -2.33. The first-order valence-corrected chi connectivity index (χ1v) is 13.3. The van der Waals surface area contributed by atoms with Crippen LogP contribution in [0.25, 0.3) is 21.5 Å². The number of halogens is 3. The van der Waals surface area contributed by atoms with E-state index in [0.29, 0.717) is 29.4 Å². The molecule has 1 aliphatic heterocycles. The first kappa shape index (κ1) is 27.5. The highest BCUT2D eigenvalue weighted by atomic mass is 32.1. The number of nitrogens with zero attached hydrogens (tertiary/aromatic N) is 3. The zero-order valence-electron chi connectivity index (χ0n) is 21.6. The number of thiazole rings is 1. The maximum absolute atomic E-state index is 13.6. The Bertz CT molecular complexity index is 1580. The average molecular weight is 571 g/mol. The summed E-state index contributed by atoms with van der Waals surface area (Å²) < 4.78 is 47.5. The van der Waals surface area contributed by atoms with Gasteiger partial charge < -0.3 is 20.7 Å². The van der Waals surface area contributed by atoms with Crippen LogP contribution in [0.2, 0.25) is 0 Å². The zero-order chi connectivity index (χ0) is 28.5. The van der Waals surface area contributed by atoms with Gasteiger partial charge in [-0.1, -0.05) is 23.5 Å². The van der Waals surface area contributed by atoms with Crippen LogP contribution in [0.3, 0.4) is 0 Å². The van der Waals surface area contributed by atoms with E-state index in [4.69, 9.17) is 4.74 Å². The van der Waals surface area contributed by atoms with Crippen LogP contribution in [0.5, 0.6) is 11.6 Å². The topological polar surface area (TPSA) is 118 Å². The molecule has 3 N–H and O–H groups in total. The maximum Gasteiger partial charge on any atom is 0.416 e. The molecule has 0 bridgehead atoms.